The summed E-state index contributed by atoms with van der Waals surface area (Å²) in [6, 6.07) is 8.50. The molecule has 194 valence electrons. The van der Waals surface area contributed by atoms with Gasteiger partial charge in [-0.15, -0.1) is 0 Å². The van der Waals surface area contributed by atoms with Gasteiger partial charge < -0.3 is 14.5 Å². The molecule has 35 heavy (non-hydrogen) atoms. The predicted molar refractivity (Wildman–Crippen MR) is 140 cm³/mol. The number of halogens is 1. The van der Waals surface area contributed by atoms with Crippen LogP contribution in [-0.2, 0) is 14.3 Å². The summed E-state index contributed by atoms with van der Waals surface area (Å²) in [4.78, 5) is 31.7. The molecule has 2 aliphatic heterocycles. The summed E-state index contributed by atoms with van der Waals surface area (Å²) in [5, 5.41) is 0.724. The van der Waals surface area contributed by atoms with Crippen molar-refractivity contribution in [3.63, 3.8) is 0 Å². The number of ether oxygens (including phenoxy) is 1. The normalized spacial score (nSPS) is 26.0. The Kier molecular flexibility index (Phi) is 8.80. The highest BCUT2D eigenvalue weighted by molar-refractivity contribution is 6.30. The number of nitrogens with zero attached hydrogens (tertiary/aromatic N) is 2. The number of benzene rings is 1. The number of piperidine rings is 2. The van der Waals surface area contributed by atoms with Gasteiger partial charge >= 0.3 is 5.97 Å². The summed E-state index contributed by atoms with van der Waals surface area (Å²) in [5.41, 5.74) is 0.780. The zero-order valence-electron chi connectivity index (χ0n) is 21.8. The van der Waals surface area contributed by atoms with Gasteiger partial charge in [0.05, 0.1) is 12.0 Å². The smallest absolute Gasteiger partial charge is 0.312 e. The number of amides is 1. The summed E-state index contributed by atoms with van der Waals surface area (Å²) in [6.45, 7) is 9.92. The standard InChI is InChI=1S/C29H43ClN2O3/c1-4-35-28(34)29(23-8-6-5-7-9-23)15-18-31(19-16-29)27(33)25-14-17-32(21(2)3)20-26(25)22-10-12-24(30)13-11-22/h10-13,21,23,25-26H,4-9,14-20H2,1-3H3/t25?,26-/m1/s1. The Balaban J connectivity index is 1.50. The average Bonchev–Trinajstić information content (AvgIpc) is 2.89. The Morgan fingerprint density at radius 1 is 1.03 bits per heavy atom. The largest absolute Gasteiger partial charge is 0.466 e. The molecule has 1 amide bonds. The summed E-state index contributed by atoms with van der Waals surface area (Å²) in [7, 11) is 0. The van der Waals surface area contributed by atoms with Crippen LogP contribution >= 0.6 is 11.6 Å². The van der Waals surface area contributed by atoms with Crippen LogP contribution in [0.1, 0.15) is 83.6 Å². The zero-order valence-corrected chi connectivity index (χ0v) is 22.6. The van der Waals surface area contributed by atoms with Gasteiger partial charge in [-0.3, -0.25) is 9.59 Å². The van der Waals surface area contributed by atoms with Crippen molar-refractivity contribution in [2.24, 2.45) is 17.3 Å². The summed E-state index contributed by atoms with van der Waals surface area (Å²) < 4.78 is 5.61. The molecule has 5 nitrogen and oxygen atoms in total. The molecule has 1 aromatic carbocycles. The van der Waals surface area contributed by atoms with Crippen molar-refractivity contribution < 1.29 is 14.3 Å². The third-order valence-electron chi connectivity index (χ3n) is 9.03. The lowest BCUT2D eigenvalue weighted by atomic mass is 9.63. The first-order valence-corrected chi connectivity index (χ1v) is 14.2. The van der Waals surface area contributed by atoms with E-state index in [4.69, 9.17) is 16.3 Å². The predicted octanol–water partition coefficient (Wildman–Crippen LogP) is 5.91. The second kappa shape index (κ2) is 11.6. The van der Waals surface area contributed by atoms with E-state index >= 15 is 0 Å². The lowest BCUT2D eigenvalue weighted by molar-refractivity contribution is -0.167. The number of hydrogen-bond donors (Lipinski definition) is 0. The van der Waals surface area contributed by atoms with Gasteiger partial charge in [0.2, 0.25) is 5.91 Å². The van der Waals surface area contributed by atoms with E-state index in [1.165, 1.54) is 24.8 Å². The van der Waals surface area contributed by atoms with Gasteiger partial charge in [-0.1, -0.05) is 43.0 Å². The number of esters is 1. The van der Waals surface area contributed by atoms with E-state index in [1.54, 1.807) is 0 Å². The van der Waals surface area contributed by atoms with E-state index in [-0.39, 0.29) is 23.7 Å². The van der Waals surface area contributed by atoms with Gasteiger partial charge in [0.1, 0.15) is 0 Å². The average molecular weight is 503 g/mol. The summed E-state index contributed by atoms with van der Waals surface area (Å²) >= 11 is 6.17. The van der Waals surface area contributed by atoms with Crippen LogP contribution in [0.15, 0.2) is 24.3 Å². The molecule has 2 heterocycles. The van der Waals surface area contributed by atoms with Crippen LogP contribution in [0.5, 0.6) is 0 Å². The maximum Gasteiger partial charge on any atom is 0.312 e. The summed E-state index contributed by atoms with van der Waals surface area (Å²) in [5.74, 6) is 0.753. The van der Waals surface area contributed by atoms with E-state index in [0.717, 1.165) is 50.2 Å². The molecule has 0 aromatic heterocycles. The Morgan fingerprint density at radius 3 is 2.29 bits per heavy atom. The molecule has 0 spiro atoms. The lowest BCUT2D eigenvalue weighted by Gasteiger charge is -2.47. The van der Waals surface area contributed by atoms with Crippen LogP contribution in [0, 0.1) is 17.3 Å². The molecule has 1 aromatic rings. The SMILES string of the molecule is CCOC(=O)C1(C2CCCCC2)CCN(C(=O)C2CCN(C(C)C)C[C@@H]2c2ccc(Cl)cc2)CC1. The number of hydrogen-bond acceptors (Lipinski definition) is 4. The Hall–Kier alpha value is -1.59. The van der Waals surface area contributed by atoms with Crippen LogP contribution in [-0.4, -0.2) is 60.5 Å². The van der Waals surface area contributed by atoms with E-state index in [2.05, 4.69) is 35.8 Å². The van der Waals surface area contributed by atoms with Crippen LogP contribution in [0.2, 0.25) is 5.02 Å². The van der Waals surface area contributed by atoms with Crippen molar-refractivity contribution >= 4 is 23.5 Å². The maximum absolute atomic E-state index is 13.9. The van der Waals surface area contributed by atoms with E-state index < -0.39 is 5.41 Å². The third-order valence-corrected chi connectivity index (χ3v) is 9.28. The molecule has 0 radical (unpaired) electrons. The Bertz CT molecular complexity index is 857. The second-order valence-electron chi connectivity index (χ2n) is 11.2. The fourth-order valence-corrected chi connectivity index (χ4v) is 6.99. The van der Waals surface area contributed by atoms with Crippen LogP contribution in [0.25, 0.3) is 0 Å². The molecule has 2 saturated heterocycles. The van der Waals surface area contributed by atoms with Crippen molar-refractivity contribution in [1.82, 2.24) is 9.80 Å². The molecule has 4 rings (SSSR count). The number of likely N-dealkylation sites (tertiary alicyclic amines) is 2. The minimum Gasteiger partial charge on any atom is -0.466 e. The molecule has 0 N–H and O–H groups in total. The van der Waals surface area contributed by atoms with E-state index in [9.17, 15) is 9.59 Å². The zero-order chi connectivity index (χ0) is 25.0. The molecule has 3 aliphatic rings. The van der Waals surface area contributed by atoms with Gasteiger partial charge in [0, 0.05) is 42.5 Å². The van der Waals surface area contributed by atoms with Gasteiger partial charge in [-0.05, 0) is 83.0 Å². The number of carbonyl (C=O) groups is 2. The van der Waals surface area contributed by atoms with Crippen LogP contribution in [0.4, 0.5) is 0 Å². The first-order valence-electron chi connectivity index (χ1n) is 13.8. The Labute approximate surface area is 216 Å². The lowest BCUT2D eigenvalue weighted by Crippen LogP contribution is -2.54. The second-order valence-corrected chi connectivity index (χ2v) is 11.6. The molecule has 0 bridgehead atoms. The third kappa shape index (κ3) is 5.72. The van der Waals surface area contributed by atoms with Crippen LogP contribution in [0.3, 0.4) is 0 Å². The van der Waals surface area contributed by atoms with Crippen LogP contribution < -0.4 is 0 Å². The first-order chi connectivity index (χ1) is 16.9. The Morgan fingerprint density at radius 2 is 1.69 bits per heavy atom. The van der Waals surface area contributed by atoms with Crippen molar-refractivity contribution in [3.05, 3.63) is 34.9 Å². The van der Waals surface area contributed by atoms with Crippen molar-refractivity contribution in [1.29, 1.82) is 0 Å². The van der Waals surface area contributed by atoms with Crippen molar-refractivity contribution in [2.45, 2.75) is 84.1 Å². The van der Waals surface area contributed by atoms with Crippen molar-refractivity contribution in [2.75, 3.05) is 32.8 Å². The highest BCUT2D eigenvalue weighted by atomic mass is 35.5. The highest BCUT2D eigenvalue weighted by Gasteiger charge is 2.50. The summed E-state index contributed by atoms with van der Waals surface area (Å²) in [6.07, 6.45) is 8.22. The monoisotopic (exact) mass is 502 g/mol. The minimum absolute atomic E-state index is 0.0247. The van der Waals surface area contributed by atoms with Gasteiger partial charge in [-0.2, -0.15) is 0 Å². The molecular weight excluding hydrogens is 460 g/mol. The quantitative estimate of drug-likeness (QED) is 0.454. The topological polar surface area (TPSA) is 49.9 Å². The maximum atomic E-state index is 13.9. The number of carbonyl (C=O) groups excluding carboxylic acids is 2. The molecule has 1 saturated carbocycles. The molecule has 2 atom stereocenters. The highest BCUT2D eigenvalue weighted by Crippen LogP contribution is 2.47. The minimum atomic E-state index is -0.413. The van der Waals surface area contributed by atoms with Crippen molar-refractivity contribution in [3.8, 4) is 0 Å². The van der Waals surface area contributed by atoms with E-state index in [1.807, 2.05) is 19.1 Å². The van der Waals surface area contributed by atoms with Gasteiger partial charge in [-0.25, -0.2) is 0 Å². The molecule has 3 fully saturated rings. The molecule has 6 heteroatoms. The van der Waals surface area contributed by atoms with Gasteiger partial charge in [0.25, 0.3) is 0 Å². The van der Waals surface area contributed by atoms with E-state index in [0.29, 0.717) is 31.7 Å². The molecular formula is C29H43ClN2O3. The molecule has 1 unspecified atom stereocenters. The first kappa shape index (κ1) is 26.5. The fraction of sp³-hybridized carbons (Fsp3) is 0.724. The number of rotatable bonds is 6. The fourth-order valence-electron chi connectivity index (χ4n) is 6.86. The molecule has 1 aliphatic carbocycles. The van der Waals surface area contributed by atoms with Gasteiger partial charge in [0.15, 0.2) is 0 Å².